The van der Waals surface area contributed by atoms with E-state index in [0.29, 0.717) is 32.5 Å². The van der Waals surface area contributed by atoms with E-state index < -0.39 is 5.91 Å². The normalized spacial score (nSPS) is 11.9. The van der Waals surface area contributed by atoms with E-state index in [9.17, 15) is 9.59 Å². The lowest BCUT2D eigenvalue weighted by Crippen LogP contribution is -2.24. The minimum absolute atomic E-state index is 0.158. The number of anilines is 1. The second kappa shape index (κ2) is 9.73. The maximum Gasteiger partial charge on any atom is 0.259 e. The van der Waals surface area contributed by atoms with E-state index in [1.807, 2.05) is 18.2 Å². The van der Waals surface area contributed by atoms with Crippen LogP contribution >= 0.6 is 46.3 Å². The summed E-state index contributed by atoms with van der Waals surface area (Å²) in [5.41, 5.74) is 1.14. The number of carbonyl (C=O) groups is 2. The maximum atomic E-state index is 12.4. The predicted octanol–water partition coefficient (Wildman–Crippen LogP) is 4.23. The highest BCUT2D eigenvalue weighted by Crippen LogP contribution is 2.32. The van der Waals surface area contributed by atoms with Crippen LogP contribution in [0.2, 0.25) is 10.0 Å². The highest BCUT2D eigenvalue weighted by molar-refractivity contribution is 8.01. The molecule has 12 heteroatoms. The van der Waals surface area contributed by atoms with Crippen LogP contribution in [0.5, 0.6) is 11.5 Å². The molecule has 0 unspecified atom stereocenters. The van der Waals surface area contributed by atoms with Gasteiger partial charge < -0.3 is 14.8 Å². The van der Waals surface area contributed by atoms with Gasteiger partial charge in [-0.2, -0.15) is 0 Å². The van der Waals surface area contributed by atoms with Crippen LogP contribution in [0.1, 0.15) is 15.9 Å². The van der Waals surface area contributed by atoms with E-state index in [0.717, 1.165) is 16.9 Å². The lowest BCUT2D eigenvalue weighted by molar-refractivity contribution is -0.118. The first-order valence-corrected chi connectivity index (χ1v) is 11.4. The van der Waals surface area contributed by atoms with E-state index in [1.165, 1.54) is 17.8 Å². The van der Waals surface area contributed by atoms with Gasteiger partial charge in [0.05, 0.1) is 16.3 Å². The Morgan fingerprint density at radius 2 is 1.94 bits per heavy atom. The fourth-order valence-electron chi connectivity index (χ4n) is 2.58. The quantitative estimate of drug-likeness (QED) is 0.372. The molecule has 3 aromatic rings. The molecule has 1 aliphatic rings. The predicted molar refractivity (Wildman–Crippen MR) is 119 cm³/mol. The lowest BCUT2D eigenvalue weighted by atomic mass is 10.2. The van der Waals surface area contributed by atoms with Gasteiger partial charge >= 0.3 is 0 Å². The maximum absolute atomic E-state index is 12.4. The van der Waals surface area contributed by atoms with Crippen molar-refractivity contribution in [2.75, 3.05) is 17.9 Å². The standard InChI is InChI=1S/C19H14Cl2N4O4S2/c20-11-2-3-13(21)12(6-11)17(27)23-18-24-25-19(31-18)30-8-16(26)22-7-10-1-4-14-15(5-10)29-9-28-14/h1-6H,7-9H2,(H,22,26)(H,23,24,27). The summed E-state index contributed by atoms with van der Waals surface area (Å²) in [5, 5.41) is 14.3. The van der Waals surface area contributed by atoms with E-state index in [2.05, 4.69) is 20.8 Å². The molecule has 1 aromatic heterocycles. The molecule has 0 radical (unpaired) electrons. The summed E-state index contributed by atoms with van der Waals surface area (Å²) in [6.07, 6.45) is 0. The molecule has 1 aliphatic heterocycles. The Labute approximate surface area is 195 Å². The van der Waals surface area contributed by atoms with Crippen LogP contribution < -0.4 is 20.1 Å². The van der Waals surface area contributed by atoms with Gasteiger partial charge in [-0.1, -0.05) is 52.4 Å². The van der Waals surface area contributed by atoms with Crippen molar-refractivity contribution in [3.05, 3.63) is 57.6 Å². The molecule has 31 heavy (non-hydrogen) atoms. The summed E-state index contributed by atoms with van der Waals surface area (Å²) in [7, 11) is 0. The zero-order valence-corrected chi connectivity index (χ0v) is 18.8. The molecule has 2 amide bonds. The number of hydrogen-bond donors (Lipinski definition) is 2. The second-order valence-electron chi connectivity index (χ2n) is 6.20. The third kappa shape index (κ3) is 5.59. The summed E-state index contributed by atoms with van der Waals surface area (Å²) >= 11 is 14.3. The number of ether oxygens (including phenoxy) is 2. The van der Waals surface area contributed by atoms with Gasteiger partial charge in [0.25, 0.3) is 5.91 Å². The van der Waals surface area contributed by atoms with Crippen molar-refractivity contribution in [2.45, 2.75) is 10.9 Å². The molecule has 160 valence electrons. The van der Waals surface area contributed by atoms with Crippen molar-refractivity contribution in [3.8, 4) is 11.5 Å². The van der Waals surface area contributed by atoms with Gasteiger partial charge in [-0.25, -0.2) is 0 Å². The average Bonchev–Trinajstić information content (AvgIpc) is 3.41. The van der Waals surface area contributed by atoms with Gasteiger partial charge in [0, 0.05) is 11.6 Å². The number of benzene rings is 2. The number of thioether (sulfide) groups is 1. The summed E-state index contributed by atoms with van der Waals surface area (Å²) < 4.78 is 11.1. The van der Waals surface area contributed by atoms with Gasteiger partial charge in [0.1, 0.15) is 0 Å². The topological polar surface area (TPSA) is 102 Å². The second-order valence-corrected chi connectivity index (χ2v) is 9.25. The van der Waals surface area contributed by atoms with Crippen LogP contribution in [0.25, 0.3) is 0 Å². The van der Waals surface area contributed by atoms with Crippen LogP contribution in [-0.2, 0) is 11.3 Å². The SMILES string of the molecule is O=C(CSc1nnc(NC(=O)c2cc(Cl)ccc2Cl)s1)NCc1ccc2c(c1)OCO2. The molecule has 0 saturated heterocycles. The molecule has 0 atom stereocenters. The van der Waals surface area contributed by atoms with Crippen molar-refractivity contribution in [3.63, 3.8) is 0 Å². The molecule has 0 spiro atoms. The van der Waals surface area contributed by atoms with E-state index in [4.69, 9.17) is 32.7 Å². The number of rotatable bonds is 7. The molecule has 0 saturated carbocycles. The van der Waals surface area contributed by atoms with Crippen molar-refractivity contribution in [2.24, 2.45) is 0 Å². The molecule has 2 heterocycles. The van der Waals surface area contributed by atoms with Gasteiger partial charge in [0.15, 0.2) is 15.8 Å². The molecular formula is C19H14Cl2N4O4S2. The first kappa shape index (κ1) is 21.7. The number of fused-ring (bicyclic) bond motifs is 1. The summed E-state index contributed by atoms with van der Waals surface area (Å²) in [6, 6.07) is 10.1. The van der Waals surface area contributed by atoms with Crippen LogP contribution in [0.4, 0.5) is 5.13 Å². The molecule has 0 aliphatic carbocycles. The van der Waals surface area contributed by atoms with E-state index >= 15 is 0 Å². The van der Waals surface area contributed by atoms with Crippen molar-refractivity contribution in [1.82, 2.24) is 15.5 Å². The number of nitrogens with one attached hydrogen (secondary N) is 2. The zero-order chi connectivity index (χ0) is 21.8. The van der Waals surface area contributed by atoms with Crippen molar-refractivity contribution >= 4 is 63.2 Å². The highest BCUT2D eigenvalue weighted by Gasteiger charge is 2.16. The first-order chi connectivity index (χ1) is 15.0. The number of aromatic nitrogens is 2. The fourth-order valence-corrected chi connectivity index (χ4v) is 4.54. The third-order valence-electron chi connectivity index (χ3n) is 4.05. The molecular weight excluding hydrogens is 483 g/mol. The number of halogens is 2. The first-order valence-electron chi connectivity index (χ1n) is 8.86. The third-order valence-corrected chi connectivity index (χ3v) is 6.59. The lowest BCUT2D eigenvalue weighted by Gasteiger charge is -2.05. The Morgan fingerprint density at radius 3 is 2.81 bits per heavy atom. The van der Waals surface area contributed by atoms with Crippen LogP contribution in [0.15, 0.2) is 40.7 Å². The Hall–Kier alpha value is -2.53. The van der Waals surface area contributed by atoms with Crippen molar-refractivity contribution in [1.29, 1.82) is 0 Å². The number of carbonyl (C=O) groups excluding carboxylic acids is 2. The van der Waals surface area contributed by atoms with Gasteiger partial charge in [-0.05, 0) is 35.9 Å². The Balaban J connectivity index is 1.25. The van der Waals surface area contributed by atoms with Gasteiger partial charge in [-0.15, -0.1) is 10.2 Å². The minimum Gasteiger partial charge on any atom is -0.454 e. The molecule has 4 rings (SSSR count). The van der Waals surface area contributed by atoms with Gasteiger partial charge in [-0.3, -0.25) is 14.9 Å². The molecule has 2 N–H and O–H groups in total. The molecule has 8 nitrogen and oxygen atoms in total. The monoisotopic (exact) mass is 496 g/mol. The average molecular weight is 497 g/mol. The van der Waals surface area contributed by atoms with Gasteiger partial charge in [0.2, 0.25) is 17.8 Å². The number of amides is 2. The Morgan fingerprint density at radius 1 is 1.10 bits per heavy atom. The molecule has 0 fully saturated rings. The van der Waals surface area contributed by atoms with Crippen molar-refractivity contribution < 1.29 is 19.1 Å². The van der Waals surface area contributed by atoms with E-state index in [-0.39, 0.29) is 29.0 Å². The smallest absolute Gasteiger partial charge is 0.259 e. The Kier molecular flexibility index (Phi) is 6.81. The molecule has 2 aromatic carbocycles. The van der Waals surface area contributed by atoms with Crippen LogP contribution in [0, 0.1) is 0 Å². The van der Waals surface area contributed by atoms with E-state index in [1.54, 1.807) is 12.1 Å². The minimum atomic E-state index is -0.443. The summed E-state index contributed by atoms with van der Waals surface area (Å²) in [6.45, 7) is 0.575. The van der Waals surface area contributed by atoms with Crippen LogP contribution in [-0.4, -0.2) is 34.6 Å². The summed E-state index contributed by atoms with van der Waals surface area (Å²) in [4.78, 5) is 24.5. The fraction of sp³-hybridized carbons (Fsp3) is 0.158. The van der Waals surface area contributed by atoms with Crippen LogP contribution in [0.3, 0.4) is 0 Å². The number of hydrogen-bond acceptors (Lipinski definition) is 8. The number of nitrogens with zero attached hydrogens (tertiary/aromatic N) is 2. The largest absolute Gasteiger partial charge is 0.454 e. The zero-order valence-electron chi connectivity index (χ0n) is 15.7. The summed E-state index contributed by atoms with van der Waals surface area (Å²) in [5.74, 6) is 0.926. The highest BCUT2D eigenvalue weighted by atomic mass is 35.5. The Bertz CT molecular complexity index is 1140. The molecule has 0 bridgehead atoms.